The molecular weight excluding hydrogens is 482 g/mol. The third-order valence-electron chi connectivity index (χ3n) is 8.43. The molecule has 1 aromatic carbocycles. The van der Waals surface area contributed by atoms with Crippen molar-refractivity contribution in [1.82, 2.24) is 10.2 Å². The van der Waals surface area contributed by atoms with Gasteiger partial charge in [-0.2, -0.15) is 4.48 Å². The van der Waals surface area contributed by atoms with Gasteiger partial charge in [0.2, 0.25) is 0 Å². The Hall–Kier alpha value is -2.00. The lowest BCUT2D eigenvalue weighted by Crippen LogP contribution is -2.74. The quantitative estimate of drug-likeness (QED) is 0.449. The Kier molecular flexibility index (Phi) is 7.81. The van der Waals surface area contributed by atoms with Crippen molar-refractivity contribution in [2.45, 2.75) is 69.9 Å². The maximum Gasteiger partial charge on any atom is 0.408 e. The van der Waals surface area contributed by atoms with Gasteiger partial charge in [0.1, 0.15) is 0 Å². The van der Waals surface area contributed by atoms with Crippen molar-refractivity contribution >= 4 is 29.5 Å². The van der Waals surface area contributed by atoms with Gasteiger partial charge in [-0.3, -0.25) is 4.90 Å². The molecule has 1 aromatic rings. The van der Waals surface area contributed by atoms with Gasteiger partial charge >= 0.3 is 17.9 Å². The SMILES string of the molecule is CCN(C(=O)O)[C@]1(C(=O)[N+]2(C(=O)C3CCOC(C)(C)C3)CCCCC2)CNC[C@H]1c1ccc(Cl)cc1. The molecule has 0 spiro atoms. The lowest BCUT2D eigenvalue weighted by atomic mass is 9.77. The third-order valence-corrected chi connectivity index (χ3v) is 8.68. The van der Waals surface area contributed by atoms with Gasteiger partial charge in [-0.1, -0.05) is 23.7 Å². The molecule has 0 bridgehead atoms. The Bertz CT molecular complexity index is 992. The molecule has 0 aromatic heterocycles. The molecule has 8 nitrogen and oxygen atoms in total. The van der Waals surface area contributed by atoms with Gasteiger partial charge in [0.15, 0.2) is 5.54 Å². The van der Waals surface area contributed by atoms with Crippen LogP contribution in [0.25, 0.3) is 0 Å². The van der Waals surface area contributed by atoms with E-state index in [-0.39, 0.29) is 35.3 Å². The van der Waals surface area contributed by atoms with Crippen molar-refractivity contribution in [3.63, 3.8) is 0 Å². The summed E-state index contributed by atoms with van der Waals surface area (Å²) in [6.07, 6.45) is 2.47. The number of nitrogens with one attached hydrogen (secondary N) is 1. The minimum Gasteiger partial charge on any atom is -0.465 e. The first-order valence-corrected chi connectivity index (χ1v) is 13.5. The number of carboxylic acid groups (broad SMARTS) is 1. The van der Waals surface area contributed by atoms with Crippen LogP contribution in [0.15, 0.2) is 24.3 Å². The van der Waals surface area contributed by atoms with Crippen molar-refractivity contribution in [2.24, 2.45) is 5.92 Å². The highest BCUT2D eigenvalue weighted by Crippen LogP contribution is 2.43. The molecule has 9 heteroatoms. The lowest BCUT2D eigenvalue weighted by molar-refractivity contribution is -0.790. The molecular formula is C27H39ClN3O5+. The molecule has 3 aliphatic rings. The number of imide groups is 1. The fourth-order valence-corrected chi connectivity index (χ4v) is 6.86. The predicted molar refractivity (Wildman–Crippen MR) is 137 cm³/mol. The number of piperidine rings is 1. The average molecular weight is 521 g/mol. The monoisotopic (exact) mass is 520 g/mol. The molecule has 3 heterocycles. The Morgan fingerprint density at radius 1 is 1.17 bits per heavy atom. The molecule has 2 N–H and O–H groups in total. The van der Waals surface area contributed by atoms with E-state index in [9.17, 15) is 19.5 Å². The Balaban J connectivity index is 1.83. The molecule has 0 saturated carbocycles. The van der Waals surface area contributed by atoms with E-state index < -0.39 is 23.2 Å². The number of amides is 3. The second kappa shape index (κ2) is 10.4. The largest absolute Gasteiger partial charge is 0.465 e. The molecule has 36 heavy (non-hydrogen) atoms. The zero-order valence-electron chi connectivity index (χ0n) is 21.6. The predicted octanol–water partition coefficient (Wildman–Crippen LogP) is 4.02. The highest BCUT2D eigenvalue weighted by molar-refractivity contribution is 6.30. The van der Waals surface area contributed by atoms with Crippen LogP contribution in [0.1, 0.15) is 64.4 Å². The van der Waals surface area contributed by atoms with Crippen LogP contribution in [0.3, 0.4) is 0 Å². The molecule has 3 saturated heterocycles. The van der Waals surface area contributed by atoms with Crippen LogP contribution in [0, 0.1) is 5.92 Å². The summed E-state index contributed by atoms with van der Waals surface area (Å²) in [4.78, 5) is 43.2. The van der Waals surface area contributed by atoms with E-state index in [1.165, 1.54) is 4.90 Å². The van der Waals surface area contributed by atoms with E-state index in [1.807, 2.05) is 26.0 Å². The van der Waals surface area contributed by atoms with E-state index in [0.29, 0.717) is 44.1 Å². The topological polar surface area (TPSA) is 95.9 Å². The summed E-state index contributed by atoms with van der Waals surface area (Å²) in [7, 11) is 0. The maximum atomic E-state index is 15.0. The zero-order valence-corrected chi connectivity index (χ0v) is 22.4. The molecule has 3 aliphatic heterocycles. The smallest absolute Gasteiger partial charge is 0.408 e. The summed E-state index contributed by atoms with van der Waals surface area (Å²) in [5.74, 6) is -1.09. The summed E-state index contributed by atoms with van der Waals surface area (Å²) in [5.41, 5.74) is -0.995. The number of halogens is 1. The third kappa shape index (κ3) is 4.69. The van der Waals surface area contributed by atoms with Crippen molar-refractivity contribution in [1.29, 1.82) is 0 Å². The van der Waals surface area contributed by atoms with E-state index >= 15 is 0 Å². The number of quaternary nitrogens is 1. The number of carbonyl (C=O) groups is 3. The number of hydrogen-bond donors (Lipinski definition) is 2. The van der Waals surface area contributed by atoms with Gasteiger partial charge in [-0.15, -0.1) is 0 Å². The van der Waals surface area contributed by atoms with Gasteiger partial charge in [0, 0.05) is 37.2 Å². The molecule has 1 unspecified atom stereocenters. The van der Waals surface area contributed by atoms with Crippen molar-refractivity contribution < 1.29 is 28.7 Å². The summed E-state index contributed by atoms with van der Waals surface area (Å²) in [5, 5.41) is 14.2. The normalized spacial score (nSPS) is 29.4. The maximum absolute atomic E-state index is 15.0. The fraction of sp³-hybridized carbons (Fsp3) is 0.667. The highest BCUT2D eigenvalue weighted by Gasteiger charge is 2.65. The summed E-state index contributed by atoms with van der Waals surface area (Å²) < 4.78 is 5.59. The van der Waals surface area contributed by atoms with E-state index in [4.69, 9.17) is 16.3 Å². The van der Waals surface area contributed by atoms with Gasteiger partial charge in [-0.25, -0.2) is 14.4 Å². The molecule has 3 atom stereocenters. The zero-order chi connectivity index (χ0) is 26.1. The highest BCUT2D eigenvalue weighted by atomic mass is 35.5. The average Bonchev–Trinajstić information content (AvgIpc) is 3.29. The molecule has 3 fully saturated rings. The number of likely N-dealkylation sites (tertiary alicyclic amines) is 1. The van der Waals surface area contributed by atoms with Crippen LogP contribution in [-0.2, 0) is 14.3 Å². The van der Waals surface area contributed by atoms with Gasteiger partial charge in [0.05, 0.1) is 24.6 Å². The number of benzene rings is 1. The van der Waals surface area contributed by atoms with Crippen molar-refractivity contribution in [3.8, 4) is 0 Å². The van der Waals surface area contributed by atoms with E-state index in [2.05, 4.69) is 5.32 Å². The lowest BCUT2D eigenvalue weighted by Gasteiger charge is -2.48. The standard InChI is InChI=1S/C27H38ClN3O5/c1-4-30(25(34)35)27(18-29-17-22(27)19-8-10-21(28)11-9-19)24(33)31(13-6-5-7-14-31)23(32)20-12-15-36-26(2,3)16-20/h8-11,20,22,29H,4-7,12-18H2,1-3H3/p+1/t20?,22-,27+/m0/s1. The Morgan fingerprint density at radius 2 is 1.83 bits per heavy atom. The first-order valence-electron chi connectivity index (χ1n) is 13.1. The fourth-order valence-electron chi connectivity index (χ4n) is 6.74. The minimum absolute atomic E-state index is 0.0707. The van der Waals surface area contributed by atoms with Crippen LogP contribution in [-0.4, -0.2) is 82.9 Å². The van der Waals surface area contributed by atoms with Gasteiger partial charge < -0.3 is 15.2 Å². The van der Waals surface area contributed by atoms with Crippen LogP contribution < -0.4 is 5.32 Å². The number of ether oxygens (including phenoxy) is 1. The van der Waals surface area contributed by atoms with Crippen LogP contribution >= 0.6 is 11.6 Å². The molecule has 0 radical (unpaired) electrons. The van der Waals surface area contributed by atoms with Crippen molar-refractivity contribution in [2.75, 3.05) is 39.3 Å². The molecule has 198 valence electrons. The minimum atomic E-state index is -1.40. The Labute approximate surface area is 218 Å². The molecule has 4 rings (SSSR count). The van der Waals surface area contributed by atoms with E-state index in [1.54, 1.807) is 19.1 Å². The first-order chi connectivity index (χ1) is 17.1. The second-order valence-corrected chi connectivity index (χ2v) is 11.5. The van der Waals surface area contributed by atoms with Crippen molar-refractivity contribution in [3.05, 3.63) is 34.9 Å². The number of carbonyl (C=O) groups excluding carboxylic acids is 2. The summed E-state index contributed by atoms with van der Waals surface area (Å²) in [6.45, 7) is 7.79. The van der Waals surface area contributed by atoms with Crippen LogP contribution in [0.2, 0.25) is 5.02 Å². The number of rotatable bonds is 5. The van der Waals surface area contributed by atoms with E-state index in [0.717, 1.165) is 24.8 Å². The number of nitrogens with zero attached hydrogens (tertiary/aromatic N) is 2. The first kappa shape index (κ1) is 27.0. The molecule has 0 aliphatic carbocycles. The van der Waals surface area contributed by atoms with Crippen LogP contribution in [0.4, 0.5) is 4.79 Å². The second-order valence-electron chi connectivity index (χ2n) is 11.1. The molecule has 3 amide bonds. The summed E-state index contributed by atoms with van der Waals surface area (Å²) in [6, 6.07) is 7.26. The van der Waals surface area contributed by atoms with Gasteiger partial charge in [-0.05, 0) is 70.6 Å². The van der Waals surface area contributed by atoms with Crippen LogP contribution in [0.5, 0.6) is 0 Å². The van der Waals surface area contributed by atoms with Gasteiger partial charge in [0.25, 0.3) is 0 Å². The summed E-state index contributed by atoms with van der Waals surface area (Å²) >= 11 is 6.14. The Morgan fingerprint density at radius 3 is 2.42 bits per heavy atom. The number of hydrogen-bond acceptors (Lipinski definition) is 5. The number of likely N-dealkylation sites (N-methyl/N-ethyl adjacent to an activating group) is 1.